The predicted molar refractivity (Wildman–Crippen MR) is 77.8 cm³/mol. The lowest BCUT2D eigenvalue weighted by Crippen LogP contribution is -2.53. The van der Waals surface area contributed by atoms with Crippen LogP contribution in [0.1, 0.15) is 36.8 Å². The highest BCUT2D eigenvalue weighted by atomic mass is 16.5. The molecule has 2 heterocycles. The lowest BCUT2D eigenvalue weighted by atomic mass is 9.66. The normalized spacial score (nSPS) is 36.2. The van der Waals surface area contributed by atoms with Gasteiger partial charge in [0, 0.05) is 13.7 Å². The third-order valence-corrected chi connectivity index (χ3v) is 5.91. The van der Waals surface area contributed by atoms with Gasteiger partial charge in [0.2, 0.25) is 0 Å². The van der Waals surface area contributed by atoms with Gasteiger partial charge >= 0.3 is 0 Å². The molecular formula is C17H23NO2. The van der Waals surface area contributed by atoms with Crippen molar-refractivity contribution in [2.75, 3.05) is 20.2 Å². The Morgan fingerprint density at radius 2 is 2.15 bits per heavy atom. The summed E-state index contributed by atoms with van der Waals surface area (Å²) in [6.07, 6.45) is 6.30. The average molecular weight is 273 g/mol. The Morgan fingerprint density at radius 1 is 1.25 bits per heavy atom. The molecule has 1 aromatic carbocycles. The maximum Gasteiger partial charge on any atom is 0.115 e. The second-order valence-electron chi connectivity index (χ2n) is 6.63. The number of methoxy groups -OCH3 is 1. The van der Waals surface area contributed by atoms with E-state index in [1.807, 2.05) is 19.2 Å². The van der Waals surface area contributed by atoms with Gasteiger partial charge in [-0.05, 0) is 67.8 Å². The average Bonchev–Trinajstić information content (AvgIpc) is 2.86. The Balaban J connectivity index is 1.86. The minimum atomic E-state index is 0.130. The van der Waals surface area contributed by atoms with Crippen LogP contribution < -0.4 is 0 Å². The summed E-state index contributed by atoms with van der Waals surface area (Å²) >= 11 is 0. The number of fused-ring (bicyclic) bond motifs is 1. The smallest absolute Gasteiger partial charge is 0.115 e. The van der Waals surface area contributed by atoms with E-state index in [9.17, 15) is 5.11 Å². The van der Waals surface area contributed by atoms with Crippen molar-refractivity contribution in [2.24, 2.45) is 5.92 Å². The molecule has 3 heteroatoms. The summed E-state index contributed by atoms with van der Waals surface area (Å²) in [5.74, 6) is 1.14. The second-order valence-corrected chi connectivity index (χ2v) is 6.63. The molecule has 3 atom stereocenters. The van der Waals surface area contributed by atoms with Crippen molar-refractivity contribution in [3.05, 3.63) is 29.3 Å². The van der Waals surface area contributed by atoms with Crippen LogP contribution in [0.5, 0.6) is 5.75 Å². The van der Waals surface area contributed by atoms with Crippen LogP contribution in [0.4, 0.5) is 0 Å². The van der Waals surface area contributed by atoms with Crippen molar-refractivity contribution < 1.29 is 9.84 Å². The van der Waals surface area contributed by atoms with E-state index >= 15 is 0 Å². The summed E-state index contributed by atoms with van der Waals surface area (Å²) in [5.41, 5.74) is 2.95. The number of nitrogens with zero attached hydrogens (tertiary/aromatic N) is 1. The third kappa shape index (κ3) is 1.60. The van der Waals surface area contributed by atoms with Crippen LogP contribution in [0.2, 0.25) is 0 Å². The highest BCUT2D eigenvalue weighted by molar-refractivity contribution is 5.43. The van der Waals surface area contributed by atoms with Crippen molar-refractivity contribution in [3.63, 3.8) is 0 Å². The van der Waals surface area contributed by atoms with Gasteiger partial charge in [0.25, 0.3) is 0 Å². The van der Waals surface area contributed by atoms with Gasteiger partial charge in [-0.2, -0.15) is 0 Å². The summed E-state index contributed by atoms with van der Waals surface area (Å²) in [7, 11) is 1.84. The molecule has 20 heavy (non-hydrogen) atoms. The summed E-state index contributed by atoms with van der Waals surface area (Å²) in [6.45, 7) is 2.36. The van der Waals surface area contributed by atoms with Gasteiger partial charge in [-0.1, -0.05) is 6.07 Å². The van der Waals surface area contributed by atoms with Crippen molar-refractivity contribution >= 4 is 0 Å². The fraction of sp³-hybridized carbons (Fsp3) is 0.647. The van der Waals surface area contributed by atoms with Crippen LogP contribution in [-0.2, 0) is 16.7 Å². The molecule has 1 saturated carbocycles. The lowest BCUT2D eigenvalue weighted by Gasteiger charge is -2.51. The van der Waals surface area contributed by atoms with Crippen LogP contribution in [-0.4, -0.2) is 36.3 Å². The molecule has 3 nitrogen and oxygen atoms in total. The van der Waals surface area contributed by atoms with Crippen molar-refractivity contribution in [1.82, 2.24) is 4.90 Å². The van der Waals surface area contributed by atoms with Gasteiger partial charge < -0.3 is 9.84 Å². The van der Waals surface area contributed by atoms with Crippen LogP contribution in [0.25, 0.3) is 0 Å². The lowest BCUT2D eigenvalue weighted by molar-refractivity contribution is -0.0341. The first kappa shape index (κ1) is 12.7. The van der Waals surface area contributed by atoms with Gasteiger partial charge in [0.1, 0.15) is 5.75 Å². The molecule has 0 aromatic heterocycles. The number of phenols is 1. The third-order valence-electron chi connectivity index (χ3n) is 5.91. The van der Waals surface area contributed by atoms with E-state index in [4.69, 9.17) is 4.74 Å². The number of benzene rings is 1. The molecule has 2 aliphatic heterocycles. The molecular weight excluding hydrogens is 250 g/mol. The van der Waals surface area contributed by atoms with Crippen molar-refractivity contribution in [1.29, 1.82) is 0 Å². The van der Waals surface area contributed by atoms with E-state index in [2.05, 4.69) is 11.0 Å². The topological polar surface area (TPSA) is 32.7 Å². The van der Waals surface area contributed by atoms with Gasteiger partial charge in [0.15, 0.2) is 0 Å². The molecule has 1 saturated heterocycles. The van der Waals surface area contributed by atoms with Gasteiger partial charge in [-0.15, -0.1) is 0 Å². The quantitative estimate of drug-likeness (QED) is 0.854. The summed E-state index contributed by atoms with van der Waals surface area (Å²) in [5, 5.41) is 9.97. The fourth-order valence-corrected chi connectivity index (χ4v) is 4.98. The fourth-order valence-electron chi connectivity index (χ4n) is 4.98. The van der Waals surface area contributed by atoms with Gasteiger partial charge in [0.05, 0.1) is 11.6 Å². The first-order valence-corrected chi connectivity index (χ1v) is 7.84. The predicted octanol–water partition coefficient (Wildman–Crippen LogP) is 2.66. The zero-order valence-electron chi connectivity index (χ0n) is 12.1. The molecule has 1 aliphatic carbocycles. The van der Waals surface area contributed by atoms with Gasteiger partial charge in [-0.25, -0.2) is 0 Å². The molecule has 2 unspecified atom stereocenters. The molecule has 0 bridgehead atoms. The Hall–Kier alpha value is -1.06. The molecule has 108 valence electrons. The monoisotopic (exact) mass is 273 g/mol. The molecule has 0 radical (unpaired) electrons. The first-order chi connectivity index (χ1) is 9.74. The molecule has 2 fully saturated rings. The molecule has 0 amide bonds. The van der Waals surface area contributed by atoms with E-state index in [1.54, 1.807) is 0 Å². The zero-order chi connectivity index (χ0) is 13.7. The van der Waals surface area contributed by atoms with E-state index < -0.39 is 0 Å². The summed E-state index contributed by atoms with van der Waals surface area (Å²) < 4.78 is 5.70. The number of hydrogen-bond acceptors (Lipinski definition) is 3. The molecule has 4 rings (SSSR count). The number of hydrogen-bond donors (Lipinski definition) is 1. The van der Waals surface area contributed by atoms with Gasteiger partial charge in [-0.3, -0.25) is 4.90 Å². The maximum absolute atomic E-state index is 9.97. The second kappa shape index (κ2) is 4.47. The van der Waals surface area contributed by atoms with Crippen LogP contribution in [0.15, 0.2) is 18.2 Å². The maximum atomic E-state index is 9.97. The largest absolute Gasteiger partial charge is 0.508 e. The summed E-state index contributed by atoms with van der Waals surface area (Å²) in [6, 6.07) is 5.99. The van der Waals surface area contributed by atoms with Crippen LogP contribution >= 0.6 is 0 Å². The standard InChI is InChI=1S/C17H23NO2/c1-20-15-5-3-13-7-9-18-8-6-12-2-4-14(19)10-16(12)17(13,18)11-15/h2,4,10,13,15,19H,3,5-9,11H2,1H3/t13?,15-,17?/m0/s1. The molecule has 1 spiro atoms. The molecule has 3 aliphatic rings. The Morgan fingerprint density at radius 3 is 3.00 bits per heavy atom. The minimum absolute atomic E-state index is 0.130. The highest BCUT2D eigenvalue weighted by Gasteiger charge is 2.54. The number of aromatic hydroxyl groups is 1. The van der Waals surface area contributed by atoms with E-state index in [0.29, 0.717) is 11.9 Å². The first-order valence-electron chi connectivity index (χ1n) is 7.84. The molecule has 1 N–H and O–H groups in total. The van der Waals surface area contributed by atoms with E-state index in [1.165, 1.54) is 36.9 Å². The highest BCUT2D eigenvalue weighted by Crippen LogP contribution is 2.55. The van der Waals surface area contributed by atoms with E-state index in [0.717, 1.165) is 25.3 Å². The van der Waals surface area contributed by atoms with Crippen molar-refractivity contribution in [2.45, 2.75) is 43.7 Å². The van der Waals surface area contributed by atoms with Crippen LogP contribution in [0, 0.1) is 5.92 Å². The Labute approximate surface area is 120 Å². The van der Waals surface area contributed by atoms with Crippen molar-refractivity contribution in [3.8, 4) is 5.75 Å². The zero-order valence-corrected chi connectivity index (χ0v) is 12.1. The number of ether oxygens (including phenoxy) is 1. The SMILES string of the molecule is CO[C@H]1CCC2CCN3CCc4ccc(O)cc4C23C1. The summed E-state index contributed by atoms with van der Waals surface area (Å²) in [4.78, 5) is 2.67. The van der Waals surface area contributed by atoms with Crippen LogP contribution in [0.3, 0.4) is 0 Å². The molecule has 1 aromatic rings. The minimum Gasteiger partial charge on any atom is -0.508 e. The number of phenolic OH excluding ortho intramolecular Hbond substituents is 1. The van der Waals surface area contributed by atoms with E-state index in [-0.39, 0.29) is 5.54 Å². The Kier molecular flexibility index (Phi) is 2.83. The Bertz CT molecular complexity index is 530. The number of rotatable bonds is 1.